The average molecular weight is 291 g/mol. The summed E-state index contributed by atoms with van der Waals surface area (Å²) < 4.78 is 0. The van der Waals surface area contributed by atoms with Gasteiger partial charge in [0.1, 0.15) is 0 Å². The summed E-state index contributed by atoms with van der Waals surface area (Å²) in [5.74, 6) is 0.243. The van der Waals surface area contributed by atoms with Gasteiger partial charge in [-0.2, -0.15) is 0 Å². The number of amides is 2. The fourth-order valence-electron chi connectivity index (χ4n) is 2.06. The van der Waals surface area contributed by atoms with Gasteiger partial charge in [0.2, 0.25) is 11.8 Å². The first-order chi connectivity index (χ1) is 10.0. The van der Waals surface area contributed by atoms with Gasteiger partial charge in [-0.25, -0.2) is 0 Å². The number of hydrogen-bond acceptors (Lipinski definition) is 3. The molecule has 3 N–H and O–H groups in total. The number of carbonyl (C=O) groups is 2. The Labute approximate surface area is 126 Å². The van der Waals surface area contributed by atoms with E-state index < -0.39 is 0 Å². The summed E-state index contributed by atoms with van der Waals surface area (Å²) in [6.45, 7) is 4.54. The van der Waals surface area contributed by atoms with E-state index in [0.29, 0.717) is 5.92 Å². The molecule has 1 rings (SSSR count). The van der Waals surface area contributed by atoms with E-state index in [2.05, 4.69) is 29.8 Å². The maximum absolute atomic E-state index is 12.0. The first kappa shape index (κ1) is 17.2. The van der Waals surface area contributed by atoms with Gasteiger partial charge in [0.05, 0.1) is 19.1 Å². The topological polar surface area (TPSA) is 70.2 Å². The van der Waals surface area contributed by atoms with Crippen molar-refractivity contribution in [1.29, 1.82) is 0 Å². The lowest BCUT2D eigenvalue weighted by molar-refractivity contribution is -0.121. The summed E-state index contributed by atoms with van der Waals surface area (Å²) in [4.78, 5) is 23.0. The third-order valence-electron chi connectivity index (χ3n) is 3.09. The highest BCUT2D eigenvalue weighted by atomic mass is 16.2. The van der Waals surface area contributed by atoms with E-state index in [9.17, 15) is 9.59 Å². The van der Waals surface area contributed by atoms with Crippen LogP contribution in [-0.2, 0) is 9.59 Å². The standard InChI is InChI=1S/C16H25N3O2/c1-12(2)9-14(13-7-5-4-6-8-13)19-16(21)11-18-10-15(20)17-3/h4-8,12,14,18H,9-11H2,1-3H3,(H,17,20)(H,19,21)/t14-/m0/s1. The molecule has 0 bridgehead atoms. The zero-order chi connectivity index (χ0) is 15.7. The average Bonchev–Trinajstić information content (AvgIpc) is 2.46. The second-order valence-corrected chi connectivity index (χ2v) is 5.44. The van der Waals surface area contributed by atoms with Crippen LogP contribution in [0.4, 0.5) is 0 Å². The molecule has 0 aromatic heterocycles. The molecule has 0 aliphatic carbocycles. The molecule has 0 aliphatic rings. The van der Waals surface area contributed by atoms with Gasteiger partial charge in [-0.15, -0.1) is 0 Å². The summed E-state index contributed by atoms with van der Waals surface area (Å²) in [7, 11) is 1.57. The molecule has 0 aliphatic heterocycles. The number of benzene rings is 1. The first-order valence-electron chi connectivity index (χ1n) is 7.28. The monoisotopic (exact) mass is 291 g/mol. The van der Waals surface area contributed by atoms with Gasteiger partial charge < -0.3 is 10.6 Å². The van der Waals surface area contributed by atoms with Gasteiger partial charge in [0.25, 0.3) is 0 Å². The number of hydrogen-bond donors (Lipinski definition) is 3. The number of carbonyl (C=O) groups excluding carboxylic acids is 2. The summed E-state index contributed by atoms with van der Waals surface area (Å²) in [6.07, 6.45) is 0.880. The molecule has 2 amide bonds. The third kappa shape index (κ3) is 6.90. The van der Waals surface area contributed by atoms with Crippen LogP contribution in [0.1, 0.15) is 31.9 Å². The van der Waals surface area contributed by atoms with Gasteiger partial charge in [0, 0.05) is 7.05 Å². The van der Waals surface area contributed by atoms with Crippen molar-refractivity contribution in [1.82, 2.24) is 16.0 Å². The van der Waals surface area contributed by atoms with Crippen LogP contribution in [0.5, 0.6) is 0 Å². The number of nitrogens with one attached hydrogen (secondary N) is 3. The molecule has 5 heteroatoms. The van der Waals surface area contributed by atoms with Crippen molar-refractivity contribution < 1.29 is 9.59 Å². The first-order valence-corrected chi connectivity index (χ1v) is 7.28. The highest BCUT2D eigenvalue weighted by molar-refractivity contribution is 5.81. The predicted molar refractivity (Wildman–Crippen MR) is 83.7 cm³/mol. The molecule has 116 valence electrons. The molecule has 0 fully saturated rings. The second-order valence-electron chi connectivity index (χ2n) is 5.44. The normalized spacial score (nSPS) is 12.0. The van der Waals surface area contributed by atoms with Crippen molar-refractivity contribution >= 4 is 11.8 Å². The van der Waals surface area contributed by atoms with Crippen LogP contribution < -0.4 is 16.0 Å². The summed E-state index contributed by atoms with van der Waals surface area (Å²) in [6, 6.07) is 9.94. The van der Waals surface area contributed by atoms with Crippen molar-refractivity contribution in [3.63, 3.8) is 0 Å². The lowest BCUT2D eigenvalue weighted by Gasteiger charge is -2.21. The lowest BCUT2D eigenvalue weighted by atomic mass is 9.97. The van der Waals surface area contributed by atoms with Crippen LogP contribution in [-0.4, -0.2) is 32.0 Å². The van der Waals surface area contributed by atoms with E-state index in [1.807, 2.05) is 30.3 Å². The van der Waals surface area contributed by atoms with Crippen LogP contribution in [0.25, 0.3) is 0 Å². The van der Waals surface area contributed by atoms with Crippen LogP contribution >= 0.6 is 0 Å². The molecule has 0 heterocycles. The van der Waals surface area contributed by atoms with Crippen LogP contribution in [0.3, 0.4) is 0 Å². The molecular weight excluding hydrogens is 266 g/mol. The Hall–Kier alpha value is -1.88. The summed E-state index contributed by atoms with van der Waals surface area (Å²) in [5.41, 5.74) is 1.10. The van der Waals surface area contributed by atoms with Crippen molar-refractivity contribution in [3.05, 3.63) is 35.9 Å². The highest BCUT2D eigenvalue weighted by Gasteiger charge is 2.15. The molecule has 0 saturated heterocycles. The minimum atomic E-state index is -0.135. The number of likely N-dealkylation sites (N-methyl/N-ethyl adjacent to an activating group) is 1. The third-order valence-corrected chi connectivity index (χ3v) is 3.09. The van der Waals surface area contributed by atoms with Crippen molar-refractivity contribution in [3.8, 4) is 0 Å². The zero-order valence-corrected chi connectivity index (χ0v) is 13.0. The van der Waals surface area contributed by atoms with E-state index in [1.165, 1.54) is 0 Å². The molecule has 0 radical (unpaired) electrons. The SMILES string of the molecule is CNC(=O)CNCC(=O)N[C@@H](CC(C)C)c1ccccc1. The van der Waals surface area contributed by atoms with Crippen molar-refractivity contribution in [2.45, 2.75) is 26.3 Å². The van der Waals surface area contributed by atoms with Gasteiger partial charge in [-0.1, -0.05) is 44.2 Å². The van der Waals surface area contributed by atoms with E-state index in [1.54, 1.807) is 7.05 Å². The molecule has 1 aromatic rings. The Bertz CT molecular complexity index is 446. The van der Waals surface area contributed by atoms with Crippen molar-refractivity contribution in [2.75, 3.05) is 20.1 Å². The Morgan fingerprint density at radius 3 is 2.24 bits per heavy atom. The van der Waals surface area contributed by atoms with E-state index >= 15 is 0 Å². The number of rotatable bonds is 8. The van der Waals surface area contributed by atoms with Crippen molar-refractivity contribution in [2.24, 2.45) is 5.92 Å². The van der Waals surface area contributed by atoms with E-state index in [4.69, 9.17) is 0 Å². The molecular formula is C16H25N3O2. The van der Waals surface area contributed by atoms with Gasteiger partial charge in [-0.3, -0.25) is 14.9 Å². The molecule has 0 saturated carbocycles. The lowest BCUT2D eigenvalue weighted by Crippen LogP contribution is -2.40. The Morgan fingerprint density at radius 2 is 1.67 bits per heavy atom. The van der Waals surface area contributed by atoms with Gasteiger partial charge >= 0.3 is 0 Å². The molecule has 1 aromatic carbocycles. The Kier molecular flexibility index (Phi) is 7.46. The maximum atomic E-state index is 12.0. The minimum Gasteiger partial charge on any atom is -0.358 e. The summed E-state index contributed by atoms with van der Waals surface area (Å²) >= 11 is 0. The van der Waals surface area contributed by atoms with Crippen LogP contribution in [0.2, 0.25) is 0 Å². The molecule has 0 unspecified atom stereocenters. The predicted octanol–water partition coefficient (Wildman–Crippen LogP) is 1.23. The highest BCUT2D eigenvalue weighted by Crippen LogP contribution is 2.20. The molecule has 1 atom stereocenters. The van der Waals surface area contributed by atoms with Crippen LogP contribution in [0.15, 0.2) is 30.3 Å². The van der Waals surface area contributed by atoms with Crippen LogP contribution in [0, 0.1) is 5.92 Å². The Morgan fingerprint density at radius 1 is 1.05 bits per heavy atom. The summed E-state index contributed by atoms with van der Waals surface area (Å²) in [5, 5.41) is 8.34. The molecule has 0 spiro atoms. The van der Waals surface area contributed by atoms with Gasteiger partial charge in [0.15, 0.2) is 0 Å². The smallest absolute Gasteiger partial charge is 0.234 e. The fraction of sp³-hybridized carbons (Fsp3) is 0.500. The largest absolute Gasteiger partial charge is 0.358 e. The van der Waals surface area contributed by atoms with Gasteiger partial charge in [-0.05, 0) is 17.9 Å². The van der Waals surface area contributed by atoms with E-state index in [0.717, 1.165) is 12.0 Å². The maximum Gasteiger partial charge on any atom is 0.234 e. The minimum absolute atomic E-state index is 0.000465. The molecule has 5 nitrogen and oxygen atoms in total. The quantitative estimate of drug-likeness (QED) is 0.674. The second kappa shape index (κ2) is 9.13. The Balaban J connectivity index is 2.53. The fourth-order valence-corrected chi connectivity index (χ4v) is 2.06. The molecule has 21 heavy (non-hydrogen) atoms. The zero-order valence-electron chi connectivity index (χ0n) is 13.0. The van der Waals surface area contributed by atoms with E-state index in [-0.39, 0.29) is 30.9 Å².